The minimum absolute atomic E-state index is 0.0891. The Hall–Kier alpha value is -1.96. The summed E-state index contributed by atoms with van der Waals surface area (Å²) in [4.78, 5) is 4.10. The molecule has 0 spiro atoms. The number of aryl methyl sites for hydroxylation is 1. The molecule has 3 rings (SSSR count). The molecule has 132 valence electrons. The van der Waals surface area contributed by atoms with Gasteiger partial charge in [-0.25, -0.2) is 0 Å². The number of pyridine rings is 1. The van der Waals surface area contributed by atoms with Crippen LogP contribution >= 0.6 is 0 Å². The molecule has 6 nitrogen and oxygen atoms in total. The summed E-state index contributed by atoms with van der Waals surface area (Å²) < 4.78 is 35.6. The number of rotatable bonds is 5. The molecule has 1 aliphatic heterocycles. The van der Waals surface area contributed by atoms with Gasteiger partial charge >= 0.3 is 0 Å². The van der Waals surface area contributed by atoms with Crippen molar-refractivity contribution >= 4 is 15.8 Å². The predicted octanol–water partition coefficient (Wildman–Crippen LogP) is 2.62. The van der Waals surface area contributed by atoms with Crippen molar-refractivity contribution in [3.8, 4) is 0 Å². The fourth-order valence-corrected chi connectivity index (χ4v) is 3.52. The Balaban J connectivity index is 1.63. The third-order valence-corrected chi connectivity index (χ3v) is 5.27. The van der Waals surface area contributed by atoms with Crippen LogP contribution in [0.1, 0.15) is 23.7 Å². The van der Waals surface area contributed by atoms with E-state index in [1.807, 2.05) is 13.3 Å². The van der Waals surface area contributed by atoms with Crippen LogP contribution in [0.25, 0.3) is 0 Å². The molecule has 0 unspecified atom stereocenters. The number of hydrogen-bond donors (Lipinski definition) is 1. The van der Waals surface area contributed by atoms with Crippen LogP contribution in [0.5, 0.6) is 0 Å². The molecule has 2 N–H and O–H groups in total. The fraction of sp³-hybridized carbons (Fsp3) is 0.278. The summed E-state index contributed by atoms with van der Waals surface area (Å²) in [5.41, 5.74) is 8.31. The molecule has 0 amide bonds. The van der Waals surface area contributed by atoms with Gasteiger partial charge in [-0.15, -0.1) is 0 Å². The van der Waals surface area contributed by atoms with E-state index in [1.165, 1.54) is 12.1 Å². The number of nitrogens with zero attached hydrogens (tertiary/aromatic N) is 1. The van der Waals surface area contributed by atoms with Gasteiger partial charge in [-0.05, 0) is 44.4 Å². The Bertz CT molecular complexity index is 821. The second-order valence-electron chi connectivity index (χ2n) is 5.88. The fourth-order valence-electron chi connectivity index (χ4n) is 2.60. The maximum Gasteiger partial charge on any atom is 0.297 e. The van der Waals surface area contributed by atoms with E-state index in [0.717, 1.165) is 11.1 Å². The summed E-state index contributed by atoms with van der Waals surface area (Å²) in [5, 5.41) is 0. The van der Waals surface area contributed by atoms with E-state index in [1.54, 1.807) is 37.0 Å². The molecule has 0 bridgehead atoms. The van der Waals surface area contributed by atoms with Crippen LogP contribution in [0.15, 0.2) is 47.6 Å². The predicted molar refractivity (Wildman–Crippen MR) is 93.8 cm³/mol. The van der Waals surface area contributed by atoms with E-state index in [4.69, 9.17) is 14.7 Å². The van der Waals surface area contributed by atoms with Crippen LogP contribution in [-0.4, -0.2) is 26.1 Å². The third kappa shape index (κ3) is 4.36. The smallest absolute Gasteiger partial charge is 0.297 e. The molecule has 1 aromatic carbocycles. The molecule has 2 heterocycles. The number of benzene rings is 1. The minimum Gasteiger partial charge on any atom is -0.397 e. The third-order valence-electron chi connectivity index (χ3n) is 3.97. The summed E-state index contributed by atoms with van der Waals surface area (Å²) in [6, 6.07) is 8.33. The largest absolute Gasteiger partial charge is 0.397 e. The SMILES string of the molecule is Cc1ccc(S(=O)(=O)OC[C@H]2[CH][CH]C[C@@H](c3ccncc3N)O2)cc1. The second kappa shape index (κ2) is 7.51. The van der Waals surface area contributed by atoms with E-state index in [-0.39, 0.29) is 17.6 Å². The van der Waals surface area contributed by atoms with Crippen LogP contribution in [0.2, 0.25) is 0 Å². The number of nitrogen functional groups attached to an aromatic ring is 1. The number of aromatic nitrogens is 1. The van der Waals surface area contributed by atoms with E-state index in [2.05, 4.69) is 4.98 Å². The molecule has 1 saturated heterocycles. The standard InChI is InChI=1S/C18H20N2O4S/c1-13-5-7-15(8-6-13)25(21,22)23-12-14-3-2-4-18(24-14)16-9-10-20-11-17(16)19/h2-3,5-11,14,18H,4,12,19H2,1H3/t14-,18+/m1/s1. The van der Waals surface area contributed by atoms with Crippen LogP contribution in [0.3, 0.4) is 0 Å². The van der Waals surface area contributed by atoms with Crippen LogP contribution in [0, 0.1) is 19.8 Å². The normalized spacial score (nSPS) is 21.2. The molecule has 0 saturated carbocycles. The zero-order valence-corrected chi connectivity index (χ0v) is 14.6. The number of anilines is 1. The highest BCUT2D eigenvalue weighted by atomic mass is 32.2. The zero-order chi connectivity index (χ0) is 17.9. The first-order valence-electron chi connectivity index (χ1n) is 7.93. The van der Waals surface area contributed by atoms with Crippen LogP contribution < -0.4 is 5.73 Å². The van der Waals surface area contributed by atoms with Gasteiger partial charge in [-0.1, -0.05) is 17.7 Å². The van der Waals surface area contributed by atoms with Crippen molar-refractivity contribution in [2.24, 2.45) is 0 Å². The Morgan fingerprint density at radius 1 is 1.28 bits per heavy atom. The highest BCUT2D eigenvalue weighted by Crippen LogP contribution is 2.33. The Morgan fingerprint density at radius 3 is 2.76 bits per heavy atom. The average Bonchev–Trinajstić information content (AvgIpc) is 2.61. The van der Waals surface area contributed by atoms with Gasteiger partial charge in [-0.2, -0.15) is 8.42 Å². The monoisotopic (exact) mass is 360 g/mol. The number of ether oxygens (including phenoxy) is 1. The van der Waals surface area contributed by atoms with Crippen LogP contribution in [-0.2, 0) is 19.0 Å². The van der Waals surface area contributed by atoms with Crippen molar-refractivity contribution in [1.82, 2.24) is 4.98 Å². The highest BCUT2D eigenvalue weighted by Gasteiger charge is 2.27. The van der Waals surface area contributed by atoms with Gasteiger partial charge in [0.25, 0.3) is 10.1 Å². The van der Waals surface area contributed by atoms with Gasteiger partial charge < -0.3 is 10.5 Å². The lowest BCUT2D eigenvalue weighted by Crippen LogP contribution is -2.29. The van der Waals surface area contributed by atoms with Crippen LogP contribution in [0.4, 0.5) is 5.69 Å². The quantitative estimate of drug-likeness (QED) is 0.824. The molecule has 1 aromatic heterocycles. The van der Waals surface area contributed by atoms with Crippen molar-refractivity contribution in [2.75, 3.05) is 12.3 Å². The molecule has 0 aliphatic carbocycles. The van der Waals surface area contributed by atoms with Crippen molar-refractivity contribution in [2.45, 2.75) is 30.4 Å². The first kappa shape index (κ1) is 17.8. The molecule has 1 aliphatic rings. The van der Waals surface area contributed by atoms with Gasteiger partial charge in [0.15, 0.2) is 0 Å². The maximum atomic E-state index is 12.3. The summed E-state index contributed by atoms with van der Waals surface area (Å²) in [7, 11) is -3.82. The molecule has 2 radical (unpaired) electrons. The first-order chi connectivity index (χ1) is 12.0. The van der Waals surface area contributed by atoms with E-state index in [0.29, 0.717) is 12.1 Å². The average molecular weight is 360 g/mol. The van der Waals surface area contributed by atoms with Crippen molar-refractivity contribution in [3.63, 3.8) is 0 Å². The lowest BCUT2D eigenvalue weighted by molar-refractivity contribution is -0.0300. The molecular weight excluding hydrogens is 340 g/mol. The maximum absolute atomic E-state index is 12.3. The molecule has 25 heavy (non-hydrogen) atoms. The molecule has 2 atom stereocenters. The van der Waals surface area contributed by atoms with E-state index < -0.39 is 16.2 Å². The molecule has 7 heteroatoms. The van der Waals surface area contributed by atoms with E-state index >= 15 is 0 Å². The topological polar surface area (TPSA) is 91.5 Å². The van der Waals surface area contributed by atoms with Crippen molar-refractivity contribution in [1.29, 1.82) is 0 Å². The summed E-state index contributed by atoms with van der Waals surface area (Å²) in [6.45, 7) is 1.80. The van der Waals surface area contributed by atoms with Crippen molar-refractivity contribution in [3.05, 3.63) is 66.7 Å². The molecule has 2 aromatic rings. The minimum atomic E-state index is -3.82. The lowest BCUT2D eigenvalue weighted by atomic mass is 9.98. The van der Waals surface area contributed by atoms with Gasteiger partial charge in [-0.3, -0.25) is 9.17 Å². The van der Waals surface area contributed by atoms with E-state index in [9.17, 15) is 8.42 Å². The summed E-state index contributed by atoms with van der Waals surface area (Å²) in [6.07, 6.45) is 6.93. The van der Waals surface area contributed by atoms with Gasteiger partial charge in [0.2, 0.25) is 0 Å². The van der Waals surface area contributed by atoms with Gasteiger partial charge in [0.05, 0.1) is 35.6 Å². The van der Waals surface area contributed by atoms with Crippen molar-refractivity contribution < 1.29 is 17.3 Å². The number of hydrogen-bond acceptors (Lipinski definition) is 6. The summed E-state index contributed by atoms with van der Waals surface area (Å²) >= 11 is 0. The lowest BCUT2D eigenvalue weighted by Gasteiger charge is -2.30. The van der Waals surface area contributed by atoms with Gasteiger partial charge in [0.1, 0.15) is 0 Å². The Labute approximate surface area is 148 Å². The molecule has 1 fully saturated rings. The number of nitrogens with two attached hydrogens (primary N) is 1. The zero-order valence-electron chi connectivity index (χ0n) is 13.8. The molecular formula is C18H20N2O4S. The Morgan fingerprint density at radius 2 is 2.04 bits per heavy atom. The van der Waals surface area contributed by atoms with Gasteiger partial charge in [0, 0.05) is 11.8 Å². The highest BCUT2D eigenvalue weighted by molar-refractivity contribution is 7.86. The second-order valence-corrected chi connectivity index (χ2v) is 7.50. The summed E-state index contributed by atoms with van der Waals surface area (Å²) in [5.74, 6) is 0. The first-order valence-corrected chi connectivity index (χ1v) is 9.34. The Kier molecular flexibility index (Phi) is 5.36.